The minimum absolute atomic E-state index is 0.467. The monoisotopic (exact) mass is 276 g/mol. The van der Waals surface area contributed by atoms with Crippen LogP contribution in [0.5, 0.6) is 0 Å². The van der Waals surface area contributed by atoms with Crippen molar-refractivity contribution >= 4 is 11.9 Å². The molecular weight excluding hydrogens is 256 g/mol. The molecule has 0 aromatic carbocycles. The lowest BCUT2D eigenvalue weighted by molar-refractivity contribution is 0.706. The highest BCUT2D eigenvalue weighted by molar-refractivity contribution is 5.39. The van der Waals surface area contributed by atoms with Crippen LogP contribution in [0.3, 0.4) is 0 Å². The van der Waals surface area contributed by atoms with Crippen molar-refractivity contribution in [2.45, 2.75) is 26.7 Å². The third-order valence-electron chi connectivity index (χ3n) is 2.73. The average Bonchev–Trinajstić information content (AvgIpc) is 3.01. The number of rotatable bonds is 7. The topological polar surface area (TPSA) is 84.7 Å². The maximum atomic E-state index is 4.49. The summed E-state index contributed by atoms with van der Waals surface area (Å²) in [7, 11) is 1.79. The van der Waals surface area contributed by atoms with E-state index in [1.807, 2.05) is 0 Å². The molecule has 0 bridgehead atoms. The Bertz CT molecular complexity index is 518. The van der Waals surface area contributed by atoms with Gasteiger partial charge in [0.2, 0.25) is 11.9 Å². The van der Waals surface area contributed by atoms with Gasteiger partial charge < -0.3 is 10.2 Å². The summed E-state index contributed by atoms with van der Waals surface area (Å²) in [6.45, 7) is 6.11. The molecule has 2 aromatic rings. The van der Waals surface area contributed by atoms with Gasteiger partial charge in [-0.25, -0.2) is 4.98 Å². The molecular formula is C12H20N8. The highest BCUT2D eigenvalue weighted by Gasteiger charge is 2.13. The Kier molecular flexibility index (Phi) is 4.80. The lowest BCUT2D eigenvalue weighted by Crippen LogP contribution is -2.28. The molecule has 0 fully saturated rings. The lowest BCUT2D eigenvalue weighted by atomic mass is 10.4. The van der Waals surface area contributed by atoms with Gasteiger partial charge in [0.15, 0.2) is 0 Å². The SMILES string of the molecule is CCCN(CCC)c1nc(NC)nc(-n2cncn2)n1. The lowest BCUT2D eigenvalue weighted by Gasteiger charge is -2.21. The van der Waals surface area contributed by atoms with Crippen molar-refractivity contribution in [2.75, 3.05) is 30.4 Å². The van der Waals surface area contributed by atoms with Crippen LogP contribution in [0, 0.1) is 0 Å². The van der Waals surface area contributed by atoms with Crippen LogP contribution in [0.25, 0.3) is 5.95 Å². The second-order valence-corrected chi connectivity index (χ2v) is 4.34. The van der Waals surface area contributed by atoms with E-state index in [1.165, 1.54) is 11.0 Å². The number of aromatic nitrogens is 6. The summed E-state index contributed by atoms with van der Waals surface area (Å²) in [6, 6.07) is 0. The van der Waals surface area contributed by atoms with Gasteiger partial charge in [-0.1, -0.05) is 13.8 Å². The maximum absolute atomic E-state index is 4.49. The van der Waals surface area contributed by atoms with Gasteiger partial charge in [-0.05, 0) is 12.8 Å². The van der Waals surface area contributed by atoms with Crippen LogP contribution in [0.2, 0.25) is 0 Å². The second kappa shape index (κ2) is 6.78. The fourth-order valence-corrected chi connectivity index (χ4v) is 1.87. The molecule has 0 aliphatic rings. The van der Waals surface area contributed by atoms with Crippen molar-refractivity contribution in [1.29, 1.82) is 0 Å². The van der Waals surface area contributed by atoms with Crippen LogP contribution in [-0.2, 0) is 0 Å². The Balaban J connectivity index is 2.38. The summed E-state index contributed by atoms with van der Waals surface area (Å²) in [5, 5.41) is 7.02. The fraction of sp³-hybridized carbons (Fsp3) is 0.583. The standard InChI is InChI=1S/C12H20N8/c1-4-6-19(7-5-2)11-16-10(13-3)17-12(18-11)20-9-14-8-15-20/h8-9H,4-7H2,1-3H3,(H,13,16,17,18). The van der Waals surface area contributed by atoms with Crippen molar-refractivity contribution in [1.82, 2.24) is 29.7 Å². The van der Waals surface area contributed by atoms with E-state index in [0.717, 1.165) is 25.9 Å². The molecule has 0 spiro atoms. The summed E-state index contributed by atoms with van der Waals surface area (Å²) in [4.78, 5) is 19.3. The zero-order valence-corrected chi connectivity index (χ0v) is 12.1. The molecule has 8 heteroatoms. The second-order valence-electron chi connectivity index (χ2n) is 4.34. The van der Waals surface area contributed by atoms with Crippen LogP contribution in [0.4, 0.5) is 11.9 Å². The largest absolute Gasteiger partial charge is 0.357 e. The molecule has 2 aromatic heterocycles. The van der Waals surface area contributed by atoms with Crippen LogP contribution < -0.4 is 10.2 Å². The van der Waals surface area contributed by atoms with Crippen LogP contribution in [-0.4, -0.2) is 49.9 Å². The number of hydrogen-bond donors (Lipinski definition) is 1. The molecule has 0 amide bonds. The number of hydrogen-bond acceptors (Lipinski definition) is 7. The van der Waals surface area contributed by atoms with Gasteiger partial charge in [-0.2, -0.15) is 24.7 Å². The first-order valence-electron chi connectivity index (χ1n) is 6.82. The van der Waals surface area contributed by atoms with Gasteiger partial charge in [0, 0.05) is 20.1 Å². The van der Waals surface area contributed by atoms with Gasteiger partial charge in [0.25, 0.3) is 5.95 Å². The summed E-state index contributed by atoms with van der Waals surface area (Å²) >= 11 is 0. The Morgan fingerprint density at radius 2 is 1.90 bits per heavy atom. The molecule has 0 saturated heterocycles. The number of anilines is 2. The van der Waals surface area contributed by atoms with Gasteiger partial charge in [-0.15, -0.1) is 0 Å². The Morgan fingerprint density at radius 1 is 1.15 bits per heavy atom. The molecule has 0 atom stereocenters. The van der Waals surface area contributed by atoms with E-state index in [1.54, 1.807) is 13.4 Å². The molecule has 0 unspecified atom stereocenters. The predicted octanol–water partition coefficient (Wildman–Crippen LogP) is 1.12. The highest BCUT2D eigenvalue weighted by Crippen LogP contribution is 2.13. The molecule has 8 nitrogen and oxygen atoms in total. The fourth-order valence-electron chi connectivity index (χ4n) is 1.87. The van der Waals surface area contributed by atoms with E-state index in [-0.39, 0.29) is 0 Å². The van der Waals surface area contributed by atoms with Crippen molar-refractivity contribution in [2.24, 2.45) is 0 Å². The normalized spacial score (nSPS) is 10.6. The summed E-state index contributed by atoms with van der Waals surface area (Å²) < 4.78 is 1.53. The van der Waals surface area contributed by atoms with Gasteiger partial charge in [0.05, 0.1) is 0 Å². The number of nitrogens with one attached hydrogen (secondary N) is 1. The Morgan fingerprint density at radius 3 is 2.45 bits per heavy atom. The molecule has 0 aliphatic heterocycles. The first-order chi connectivity index (χ1) is 9.78. The van der Waals surface area contributed by atoms with E-state index in [4.69, 9.17) is 0 Å². The molecule has 108 valence electrons. The molecule has 0 radical (unpaired) electrons. The van der Waals surface area contributed by atoms with Gasteiger partial charge >= 0.3 is 0 Å². The summed E-state index contributed by atoms with van der Waals surface area (Å²) in [6.07, 6.45) is 5.11. The van der Waals surface area contributed by atoms with Crippen molar-refractivity contribution in [3.63, 3.8) is 0 Å². The zero-order chi connectivity index (χ0) is 14.4. The third-order valence-corrected chi connectivity index (χ3v) is 2.73. The molecule has 2 heterocycles. The molecule has 0 aliphatic carbocycles. The minimum Gasteiger partial charge on any atom is -0.357 e. The first-order valence-corrected chi connectivity index (χ1v) is 6.82. The van der Waals surface area contributed by atoms with E-state index in [9.17, 15) is 0 Å². The van der Waals surface area contributed by atoms with Crippen molar-refractivity contribution in [3.8, 4) is 5.95 Å². The molecule has 1 N–H and O–H groups in total. The van der Waals surface area contributed by atoms with E-state index >= 15 is 0 Å². The predicted molar refractivity (Wildman–Crippen MR) is 77.1 cm³/mol. The van der Waals surface area contributed by atoms with Crippen molar-refractivity contribution in [3.05, 3.63) is 12.7 Å². The highest BCUT2D eigenvalue weighted by atomic mass is 15.4. The quantitative estimate of drug-likeness (QED) is 0.811. The third kappa shape index (κ3) is 3.19. The van der Waals surface area contributed by atoms with Crippen LogP contribution in [0.15, 0.2) is 12.7 Å². The Labute approximate surface area is 118 Å². The molecule has 20 heavy (non-hydrogen) atoms. The molecule has 0 saturated carbocycles. The van der Waals surface area contributed by atoms with Crippen LogP contribution >= 0.6 is 0 Å². The molecule has 2 rings (SSSR count). The maximum Gasteiger partial charge on any atom is 0.258 e. The number of nitrogens with zero attached hydrogens (tertiary/aromatic N) is 7. The van der Waals surface area contributed by atoms with E-state index in [0.29, 0.717) is 17.8 Å². The average molecular weight is 276 g/mol. The van der Waals surface area contributed by atoms with Gasteiger partial charge in [-0.3, -0.25) is 0 Å². The Hall–Kier alpha value is -2.25. The minimum atomic E-state index is 0.467. The van der Waals surface area contributed by atoms with Gasteiger partial charge in [0.1, 0.15) is 12.7 Å². The van der Waals surface area contributed by atoms with E-state index < -0.39 is 0 Å². The smallest absolute Gasteiger partial charge is 0.258 e. The zero-order valence-electron chi connectivity index (χ0n) is 12.1. The summed E-state index contributed by atoms with van der Waals surface area (Å²) in [5.41, 5.74) is 0. The summed E-state index contributed by atoms with van der Waals surface area (Å²) in [5.74, 6) is 1.66. The van der Waals surface area contributed by atoms with E-state index in [2.05, 4.69) is 49.1 Å². The first kappa shape index (κ1) is 14.2. The van der Waals surface area contributed by atoms with Crippen molar-refractivity contribution < 1.29 is 0 Å². The van der Waals surface area contributed by atoms with Crippen LogP contribution in [0.1, 0.15) is 26.7 Å².